The van der Waals surface area contributed by atoms with Gasteiger partial charge < -0.3 is 15.4 Å². The van der Waals surface area contributed by atoms with E-state index in [4.69, 9.17) is 4.74 Å². The van der Waals surface area contributed by atoms with Gasteiger partial charge in [0.1, 0.15) is 17.5 Å². The second-order valence-corrected chi connectivity index (χ2v) is 5.21. The fourth-order valence-electron chi connectivity index (χ4n) is 2.04. The van der Waals surface area contributed by atoms with E-state index in [9.17, 15) is 0 Å². The van der Waals surface area contributed by atoms with Crippen molar-refractivity contribution in [1.82, 2.24) is 9.97 Å². The molecule has 120 valence electrons. The van der Waals surface area contributed by atoms with Crippen LogP contribution in [0.15, 0.2) is 0 Å². The highest BCUT2D eigenvalue weighted by molar-refractivity contribution is 5.56. The van der Waals surface area contributed by atoms with Crippen molar-refractivity contribution in [3.05, 3.63) is 11.4 Å². The van der Waals surface area contributed by atoms with Crippen LogP contribution >= 0.6 is 0 Å². The summed E-state index contributed by atoms with van der Waals surface area (Å²) in [7, 11) is 1.90. The van der Waals surface area contributed by atoms with E-state index in [1.807, 2.05) is 14.0 Å². The van der Waals surface area contributed by atoms with Gasteiger partial charge in [0.2, 0.25) is 0 Å². The Kier molecular flexibility index (Phi) is 8.74. The van der Waals surface area contributed by atoms with Gasteiger partial charge in [-0.05, 0) is 26.2 Å². The molecule has 2 N–H and O–H groups in total. The average molecular weight is 294 g/mol. The minimum Gasteiger partial charge on any atom is -0.381 e. The third-order valence-electron chi connectivity index (χ3n) is 3.30. The molecule has 1 aromatic heterocycles. The summed E-state index contributed by atoms with van der Waals surface area (Å²) < 4.78 is 5.56. The quantitative estimate of drug-likeness (QED) is 0.613. The summed E-state index contributed by atoms with van der Waals surface area (Å²) in [5, 5.41) is 6.55. The lowest BCUT2D eigenvalue weighted by atomic mass is 10.2. The first kappa shape index (κ1) is 17.7. The summed E-state index contributed by atoms with van der Waals surface area (Å²) in [6, 6.07) is 0. The van der Waals surface area contributed by atoms with Crippen LogP contribution in [0.2, 0.25) is 0 Å². The lowest BCUT2D eigenvalue weighted by molar-refractivity contribution is 0.131. The van der Waals surface area contributed by atoms with Crippen LogP contribution in [0.3, 0.4) is 0 Å². The van der Waals surface area contributed by atoms with Crippen LogP contribution in [-0.2, 0) is 11.2 Å². The summed E-state index contributed by atoms with van der Waals surface area (Å²) >= 11 is 0. The van der Waals surface area contributed by atoms with Crippen molar-refractivity contribution < 1.29 is 4.74 Å². The minimum absolute atomic E-state index is 0.803. The van der Waals surface area contributed by atoms with Crippen LogP contribution < -0.4 is 10.6 Å². The molecular weight excluding hydrogens is 264 g/mol. The van der Waals surface area contributed by atoms with Gasteiger partial charge >= 0.3 is 0 Å². The first-order valence-electron chi connectivity index (χ1n) is 8.09. The van der Waals surface area contributed by atoms with Gasteiger partial charge in [-0.3, -0.25) is 0 Å². The second-order valence-electron chi connectivity index (χ2n) is 5.21. The third kappa shape index (κ3) is 6.29. The maximum atomic E-state index is 5.56. The Bertz CT molecular complexity index is 410. The van der Waals surface area contributed by atoms with Gasteiger partial charge in [-0.25, -0.2) is 9.97 Å². The summed E-state index contributed by atoms with van der Waals surface area (Å²) in [4.78, 5) is 9.15. The molecule has 5 heteroatoms. The smallest absolute Gasteiger partial charge is 0.134 e. The van der Waals surface area contributed by atoms with Crippen molar-refractivity contribution in [1.29, 1.82) is 0 Å². The summed E-state index contributed by atoms with van der Waals surface area (Å²) in [5.41, 5.74) is 1.07. The van der Waals surface area contributed by atoms with Crippen LogP contribution in [0.25, 0.3) is 0 Å². The van der Waals surface area contributed by atoms with Gasteiger partial charge in [0, 0.05) is 38.8 Å². The maximum absolute atomic E-state index is 5.56. The largest absolute Gasteiger partial charge is 0.381 e. The molecule has 1 heterocycles. The average Bonchev–Trinajstić information content (AvgIpc) is 2.49. The molecule has 0 aliphatic rings. The zero-order valence-corrected chi connectivity index (χ0v) is 14.0. The van der Waals surface area contributed by atoms with E-state index in [0.717, 1.165) is 68.5 Å². The number of ether oxygens (including phenoxy) is 1. The number of aromatic nitrogens is 2. The Hall–Kier alpha value is -1.36. The van der Waals surface area contributed by atoms with Crippen molar-refractivity contribution in [2.45, 2.75) is 52.9 Å². The molecule has 0 bridgehead atoms. The zero-order valence-electron chi connectivity index (χ0n) is 14.0. The molecule has 0 radical (unpaired) electrons. The Morgan fingerprint density at radius 1 is 1.00 bits per heavy atom. The molecule has 0 amide bonds. The molecule has 1 rings (SSSR count). The first-order chi connectivity index (χ1) is 10.2. The second kappa shape index (κ2) is 10.4. The first-order valence-corrected chi connectivity index (χ1v) is 8.09. The third-order valence-corrected chi connectivity index (χ3v) is 3.30. The van der Waals surface area contributed by atoms with Crippen molar-refractivity contribution in [3.8, 4) is 0 Å². The van der Waals surface area contributed by atoms with E-state index in [0.29, 0.717) is 0 Å². The maximum Gasteiger partial charge on any atom is 0.134 e. The van der Waals surface area contributed by atoms with Gasteiger partial charge in [0.25, 0.3) is 0 Å². The van der Waals surface area contributed by atoms with E-state index in [1.165, 1.54) is 6.42 Å². The summed E-state index contributed by atoms with van der Waals surface area (Å²) in [5.74, 6) is 2.75. The van der Waals surface area contributed by atoms with Crippen LogP contribution in [0, 0.1) is 6.92 Å². The van der Waals surface area contributed by atoms with Crippen molar-refractivity contribution >= 4 is 11.6 Å². The number of rotatable bonds is 11. The SMILES string of the molecule is CCCCOCCCNc1nc(CCC)nc(NC)c1C. The molecular formula is C16H30N4O. The Morgan fingerprint density at radius 2 is 1.71 bits per heavy atom. The number of hydrogen-bond acceptors (Lipinski definition) is 5. The van der Waals surface area contributed by atoms with Crippen molar-refractivity contribution in [2.24, 2.45) is 0 Å². The standard InChI is InChI=1S/C16H30N4O/c1-5-7-11-21-12-8-10-18-16-13(3)15(17-4)19-14(20-16)9-6-2/h5-12H2,1-4H3,(H2,17,18,19,20). The predicted molar refractivity (Wildman–Crippen MR) is 89.1 cm³/mol. The predicted octanol–water partition coefficient (Wildman–Crippen LogP) is 3.40. The molecule has 21 heavy (non-hydrogen) atoms. The van der Waals surface area contributed by atoms with E-state index in [1.54, 1.807) is 0 Å². The van der Waals surface area contributed by atoms with E-state index in [2.05, 4.69) is 34.4 Å². The molecule has 0 atom stereocenters. The number of hydrogen-bond donors (Lipinski definition) is 2. The molecule has 0 aromatic carbocycles. The minimum atomic E-state index is 0.803. The molecule has 5 nitrogen and oxygen atoms in total. The molecule has 0 spiro atoms. The Balaban J connectivity index is 2.47. The van der Waals surface area contributed by atoms with Gasteiger partial charge in [-0.15, -0.1) is 0 Å². The number of nitrogens with one attached hydrogen (secondary N) is 2. The molecule has 0 saturated heterocycles. The van der Waals surface area contributed by atoms with Crippen molar-refractivity contribution in [2.75, 3.05) is 37.4 Å². The Morgan fingerprint density at radius 3 is 2.38 bits per heavy atom. The highest BCUT2D eigenvalue weighted by Crippen LogP contribution is 2.20. The van der Waals surface area contributed by atoms with Gasteiger partial charge in [-0.1, -0.05) is 20.3 Å². The lowest BCUT2D eigenvalue weighted by Crippen LogP contribution is -2.12. The summed E-state index contributed by atoms with van der Waals surface area (Å²) in [6.45, 7) is 8.91. The fraction of sp³-hybridized carbons (Fsp3) is 0.750. The molecule has 0 fully saturated rings. The zero-order chi connectivity index (χ0) is 15.5. The number of unbranched alkanes of at least 4 members (excludes halogenated alkanes) is 1. The van der Waals surface area contributed by atoms with Gasteiger partial charge in [0.05, 0.1) is 0 Å². The topological polar surface area (TPSA) is 59.1 Å². The molecule has 0 aliphatic carbocycles. The van der Waals surface area contributed by atoms with Crippen LogP contribution in [-0.4, -0.2) is 36.8 Å². The fourth-order valence-corrected chi connectivity index (χ4v) is 2.04. The van der Waals surface area contributed by atoms with Gasteiger partial charge in [0.15, 0.2) is 0 Å². The Labute approximate surface area is 128 Å². The van der Waals surface area contributed by atoms with E-state index < -0.39 is 0 Å². The van der Waals surface area contributed by atoms with Gasteiger partial charge in [-0.2, -0.15) is 0 Å². The molecule has 0 saturated carbocycles. The monoisotopic (exact) mass is 294 g/mol. The molecule has 0 aliphatic heterocycles. The van der Waals surface area contributed by atoms with E-state index >= 15 is 0 Å². The highest BCUT2D eigenvalue weighted by Gasteiger charge is 2.09. The van der Waals surface area contributed by atoms with Crippen LogP contribution in [0.5, 0.6) is 0 Å². The highest BCUT2D eigenvalue weighted by atomic mass is 16.5. The number of anilines is 2. The van der Waals surface area contributed by atoms with Crippen molar-refractivity contribution in [3.63, 3.8) is 0 Å². The lowest BCUT2D eigenvalue weighted by Gasteiger charge is -2.13. The summed E-state index contributed by atoms with van der Waals surface area (Å²) in [6.07, 6.45) is 5.28. The van der Waals surface area contributed by atoms with Crippen LogP contribution in [0.4, 0.5) is 11.6 Å². The number of nitrogens with zero attached hydrogens (tertiary/aromatic N) is 2. The number of aryl methyl sites for hydroxylation is 1. The normalized spacial score (nSPS) is 10.7. The molecule has 1 aromatic rings. The molecule has 0 unspecified atom stereocenters. The van der Waals surface area contributed by atoms with Crippen LogP contribution in [0.1, 0.15) is 50.9 Å². The van der Waals surface area contributed by atoms with E-state index in [-0.39, 0.29) is 0 Å².